The Kier molecular flexibility index (Phi) is 8.62. The van der Waals surface area contributed by atoms with Gasteiger partial charge in [0.25, 0.3) is 0 Å². The van der Waals surface area contributed by atoms with Crippen LogP contribution in [0.2, 0.25) is 0 Å². The highest BCUT2D eigenvalue weighted by Gasteiger charge is 2.32. The fraction of sp³-hybridized carbons (Fsp3) is 0.571. The SMILES string of the molecule is C/C=C/COC(=O)C(C(=O)OC/C=C/C)C(C)C. The normalized spacial score (nSPS) is 11.7. The van der Waals surface area contributed by atoms with Gasteiger partial charge in [-0.05, 0) is 19.8 Å². The van der Waals surface area contributed by atoms with Gasteiger partial charge < -0.3 is 9.47 Å². The first-order valence-corrected chi connectivity index (χ1v) is 6.10. The van der Waals surface area contributed by atoms with Crippen LogP contribution in [0, 0.1) is 11.8 Å². The van der Waals surface area contributed by atoms with Gasteiger partial charge in [0.05, 0.1) is 0 Å². The summed E-state index contributed by atoms with van der Waals surface area (Å²) < 4.78 is 9.98. The van der Waals surface area contributed by atoms with E-state index < -0.39 is 17.9 Å². The van der Waals surface area contributed by atoms with Crippen molar-refractivity contribution < 1.29 is 19.1 Å². The lowest BCUT2D eigenvalue weighted by atomic mass is 9.96. The fourth-order valence-corrected chi connectivity index (χ4v) is 1.27. The number of carbonyl (C=O) groups is 2. The maximum absolute atomic E-state index is 11.8. The van der Waals surface area contributed by atoms with Gasteiger partial charge in [0, 0.05) is 0 Å². The minimum absolute atomic E-state index is 0.152. The van der Waals surface area contributed by atoms with Crippen molar-refractivity contribution in [3.63, 3.8) is 0 Å². The quantitative estimate of drug-likeness (QED) is 0.398. The van der Waals surface area contributed by atoms with Crippen LogP contribution in [0.3, 0.4) is 0 Å². The van der Waals surface area contributed by atoms with Crippen LogP contribution in [0.4, 0.5) is 0 Å². The number of carbonyl (C=O) groups excluding carboxylic acids is 2. The van der Waals surface area contributed by atoms with Gasteiger partial charge in [-0.2, -0.15) is 0 Å². The molecular weight excluding hydrogens is 232 g/mol. The van der Waals surface area contributed by atoms with Crippen LogP contribution in [0.25, 0.3) is 0 Å². The van der Waals surface area contributed by atoms with Gasteiger partial charge in [0.1, 0.15) is 13.2 Å². The number of ether oxygens (including phenoxy) is 2. The van der Waals surface area contributed by atoms with Crippen molar-refractivity contribution in [2.24, 2.45) is 11.8 Å². The maximum Gasteiger partial charge on any atom is 0.320 e. The van der Waals surface area contributed by atoms with Crippen LogP contribution in [0.5, 0.6) is 0 Å². The van der Waals surface area contributed by atoms with Crippen LogP contribution in [-0.4, -0.2) is 25.2 Å². The second kappa shape index (κ2) is 9.45. The third-order valence-electron chi connectivity index (χ3n) is 2.29. The summed E-state index contributed by atoms with van der Waals surface area (Å²) in [6.45, 7) is 7.61. The second-order valence-electron chi connectivity index (χ2n) is 4.12. The summed E-state index contributed by atoms with van der Waals surface area (Å²) >= 11 is 0. The summed E-state index contributed by atoms with van der Waals surface area (Å²) in [4.78, 5) is 23.5. The molecule has 0 rings (SSSR count). The highest BCUT2D eigenvalue weighted by atomic mass is 16.6. The van der Waals surface area contributed by atoms with Crippen molar-refractivity contribution in [2.45, 2.75) is 27.7 Å². The van der Waals surface area contributed by atoms with E-state index in [2.05, 4.69) is 0 Å². The van der Waals surface area contributed by atoms with Crippen molar-refractivity contribution in [3.05, 3.63) is 24.3 Å². The molecule has 0 saturated heterocycles. The van der Waals surface area contributed by atoms with E-state index in [0.29, 0.717) is 0 Å². The molecular formula is C14H22O4. The molecule has 0 aliphatic heterocycles. The molecule has 0 aromatic rings. The van der Waals surface area contributed by atoms with Crippen molar-refractivity contribution in [1.29, 1.82) is 0 Å². The summed E-state index contributed by atoms with van der Waals surface area (Å²) in [5.74, 6) is -2.08. The third-order valence-corrected chi connectivity index (χ3v) is 2.29. The standard InChI is InChI=1S/C14H22O4/c1-5-7-9-17-13(15)12(11(3)4)14(16)18-10-8-6-2/h5-8,11-12H,9-10H2,1-4H3/b7-5+,8-6+. The molecule has 0 aliphatic rings. The Bertz CT molecular complexity index is 288. The Labute approximate surface area is 109 Å². The number of esters is 2. The molecule has 4 heteroatoms. The number of hydrogen-bond acceptors (Lipinski definition) is 4. The van der Waals surface area contributed by atoms with Gasteiger partial charge in [0.15, 0.2) is 5.92 Å². The topological polar surface area (TPSA) is 52.6 Å². The molecule has 0 heterocycles. The first-order chi connectivity index (χ1) is 8.54. The Morgan fingerprint density at radius 2 is 1.33 bits per heavy atom. The van der Waals surface area contributed by atoms with Crippen LogP contribution < -0.4 is 0 Å². The van der Waals surface area contributed by atoms with E-state index in [1.807, 2.05) is 13.8 Å². The van der Waals surface area contributed by atoms with Crippen molar-refractivity contribution in [2.75, 3.05) is 13.2 Å². The minimum Gasteiger partial charge on any atom is -0.461 e. The van der Waals surface area contributed by atoms with Crippen LogP contribution >= 0.6 is 0 Å². The number of allylic oxidation sites excluding steroid dienone is 2. The van der Waals surface area contributed by atoms with Gasteiger partial charge in [0.2, 0.25) is 0 Å². The average molecular weight is 254 g/mol. The van der Waals surface area contributed by atoms with E-state index in [1.165, 1.54) is 0 Å². The van der Waals surface area contributed by atoms with E-state index in [1.54, 1.807) is 38.2 Å². The summed E-state index contributed by atoms with van der Waals surface area (Å²) in [5, 5.41) is 0. The first-order valence-electron chi connectivity index (χ1n) is 6.10. The number of rotatable bonds is 7. The van der Waals surface area contributed by atoms with Gasteiger partial charge in [-0.3, -0.25) is 9.59 Å². The van der Waals surface area contributed by atoms with Gasteiger partial charge in [-0.1, -0.05) is 38.2 Å². The molecule has 0 atom stereocenters. The van der Waals surface area contributed by atoms with Crippen LogP contribution in [-0.2, 0) is 19.1 Å². The minimum atomic E-state index is -0.861. The van der Waals surface area contributed by atoms with Crippen molar-refractivity contribution in [1.82, 2.24) is 0 Å². The van der Waals surface area contributed by atoms with E-state index in [0.717, 1.165) is 0 Å². The Hall–Kier alpha value is -1.58. The Morgan fingerprint density at radius 1 is 0.944 bits per heavy atom. The summed E-state index contributed by atoms with van der Waals surface area (Å²) in [5.41, 5.74) is 0. The lowest BCUT2D eigenvalue weighted by molar-refractivity contribution is -0.162. The molecule has 0 aromatic carbocycles. The molecule has 4 nitrogen and oxygen atoms in total. The molecule has 0 saturated carbocycles. The van der Waals surface area contributed by atoms with Crippen LogP contribution in [0.1, 0.15) is 27.7 Å². The van der Waals surface area contributed by atoms with E-state index in [-0.39, 0.29) is 19.1 Å². The zero-order valence-corrected chi connectivity index (χ0v) is 11.5. The molecule has 0 bridgehead atoms. The van der Waals surface area contributed by atoms with Gasteiger partial charge >= 0.3 is 11.9 Å². The molecule has 0 N–H and O–H groups in total. The molecule has 102 valence electrons. The molecule has 18 heavy (non-hydrogen) atoms. The predicted molar refractivity (Wildman–Crippen MR) is 69.9 cm³/mol. The Balaban J connectivity index is 4.44. The smallest absolute Gasteiger partial charge is 0.320 e. The van der Waals surface area contributed by atoms with Gasteiger partial charge in [-0.15, -0.1) is 0 Å². The zero-order chi connectivity index (χ0) is 14.0. The molecule has 0 unspecified atom stereocenters. The van der Waals surface area contributed by atoms with Crippen molar-refractivity contribution in [3.8, 4) is 0 Å². The zero-order valence-electron chi connectivity index (χ0n) is 11.5. The maximum atomic E-state index is 11.8. The fourth-order valence-electron chi connectivity index (χ4n) is 1.27. The lowest BCUT2D eigenvalue weighted by Gasteiger charge is -2.17. The van der Waals surface area contributed by atoms with E-state index in [9.17, 15) is 9.59 Å². The summed E-state index contributed by atoms with van der Waals surface area (Å²) in [6.07, 6.45) is 6.98. The molecule has 0 amide bonds. The lowest BCUT2D eigenvalue weighted by Crippen LogP contribution is -2.32. The second-order valence-corrected chi connectivity index (χ2v) is 4.12. The highest BCUT2D eigenvalue weighted by Crippen LogP contribution is 2.15. The van der Waals surface area contributed by atoms with Gasteiger partial charge in [-0.25, -0.2) is 0 Å². The van der Waals surface area contributed by atoms with E-state index >= 15 is 0 Å². The van der Waals surface area contributed by atoms with E-state index in [4.69, 9.17) is 9.47 Å². The summed E-state index contributed by atoms with van der Waals surface area (Å²) in [7, 11) is 0. The highest BCUT2D eigenvalue weighted by molar-refractivity contribution is 5.95. The first kappa shape index (κ1) is 16.4. The summed E-state index contributed by atoms with van der Waals surface area (Å²) in [6, 6.07) is 0. The monoisotopic (exact) mass is 254 g/mol. The largest absolute Gasteiger partial charge is 0.461 e. The molecule has 0 aromatic heterocycles. The third kappa shape index (κ3) is 6.23. The van der Waals surface area contributed by atoms with Crippen LogP contribution in [0.15, 0.2) is 24.3 Å². The molecule has 0 fully saturated rings. The number of hydrogen-bond donors (Lipinski definition) is 0. The van der Waals surface area contributed by atoms with Crippen molar-refractivity contribution >= 4 is 11.9 Å². The Morgan fingerprint density at radius 3 is 1.61 bits per heavy atom. The predicted octanol–water partition coefficient (Wildman–Crippen LogP) is 2.50. The molecule has 0 spiro atoms. The molecule has 0 aliphatic carbocycles. The molecule has 0 radical (unpaired) electrons. The average Bonchev–Trinajstić information content (AvgIpc) is 2.29.